The van der Waals surface area contributed by atoms with Gasteiger partial charge in [-0.3, -0.25) is 4.57 Å². The minimum Gasteiger partial charge on any atom is -0.383 e. The van der Waals surface area contributed by atoms with Gasteiger partial charge in [0.15, 0.2) is 5.65 Å². The summed E-state index contributed by atoms with van der Waals surface area (Å²) >= 11 is 0. The lowest BCUT2D eigenvalue weighted by atomic mass is 10.5. The van der Waals surface area contributed by atoms with Gasteiger partial charge < -0.3 is 10.3 Å². The Morgan fingerprint density at radius 2 is 2.15 bits per heavy atom. The Bertz CT molecular complexity index is 523. The molecule has 2 heterocycles. The van der Waals surface area contributed by atoms with Gasteiger partial charge in [0.1, 0.15) is 11.3 Å². The van der Waals surface area contributed by atoms with Crippen LogP contribution in [-0.4, -0.2) is 19.1 Å². The Balaban J connectivity index is 3.05. The van der Waals surface area contributed by atoms with Crippen LogP contribution in [0, 0.1) is 0 Å². The van der Waals surface area contributed by atoms with E-state index in [1.54, 1.807) is 25.0 Å². The number of nitrogen functional groups attached to an aromatic ring is 1. The molecule has 6 nitrogen and oxygen atoms in total. The van der Waals surface area contributed by atoms with Crippen molar-refractivity contribution in [3.05, 3.63) is 16.8 Å². The van der Waals surface area contributed by atoms with Crippen LogP contribution in [0.1, 0.15) is 0 Å². The van der Waals surface area contributed by atoms with Crippen LogP contribution in [0.3, 0.4) is 0 Å². The first-order valence-electron chi connectivity index (χ1n) is 3.75. The lowest BCUT2D eigenvalue weighted by Gasteiger charge is -2.01. The van der Waals surface area contributed by atoms with Crippen molar-refractivity contribution < 1.29 is 0 Å². The van der Waals surface area contributed by atoms with Crippen LogP contribution >= 0.6 is 0 Å². The number of hydrogen-bond donors (Lipinski definition) is 1. The molecule has 2 rings (SSSR count). The summed E-state index contributed by atoms with van der Waals surface area (Å²) in [5, 5.41) is 0. The topological polar surface area (TPSA) is 78.7 Å². The largest absolute Gasteiger partial charge is 0.383 e. The lowest BCUT2D eigenvalue weighted by molar-refractivity contribution is 0.826. The summed E-state index contributed by atoms with van der Waals surface area (Å²) in [4.78, 5) is 19.1. The first-order valence-corrected chi connectivity index (χ1v) is 3.75. The smallest absolute Gasteiger partial charge is 0.350 e. The highest BCUT2D eigenvalue weighted by molar-refractivity contribution is 5.81. The molecule has 0 aliphatic rings. The summed E-state index contributed by atoms with van der Waals surface area (Å²) in [6, 6.07) is 0. The van der Waals surface area contributed by atoms with Crippen LogP contribution in [0.2, 0.25) is 0 Å². The van der Waals surface area contributed by atoms with Crippen molar-refractivity contribution >= 4 is 17.0 Å². The standard InChI is InChI=1S/C7H9N5O/c1-11-3-9-4-5(8)12(2)7(13)10-6(4)11/h3H,8H2,1-2H3. The molecular weight excluding hydrogens is 170 g/mol. The van der Waals surface area contributed by atoms with Crippen LogP contribution < -0.4 is 11.4 Å². The van der Waals surface area contributed by atoms with Crippen LogP contribution in [0.5, 0.6) is 0 Å². The maximum atomic E-state index is 11.2. The van der Waals surface area contributed by atoms with Crippen LogP contribution in [0.15, 0.2) is 11.1 Å². The van der Waals surface area contributed by atoms with Gasteiger partial charge in [-0.1, -0.05) is 0 Å². The third-order valence-corrected chi connectivity index (χ3v) is 2.00. The van der Waals surface area contributed by atoms with E-state index >= 15 is 0 Å². The molecule has 0 spiro atoms. The Morgan fingerprint density at radius 1 is 1.46 bits per heavy atom. The molecule has 0 bridgehead atoms. The Morgan fingerprint density at radius 3 is 2.85 bits per heavy atom. The number of aryl methyl sites for hydroxylation is 1. The Kier molecular flexibility index (Phi) is 1.39. The number of fused-ring (bicyclic) bond motifs is 1. The molecular formula is C7H9N5O. The van der Waals surface area contributed by atoms with Crippen molar-refractivity contribution in [2.45, 2.75) is 0 Å². The van der Waals surface area contributed by atoms with E-state index in [1.165, 1.54) is 4.57 Å². The zero-order valence-electron chi connectivity index (χ0n) is 7.35. The molecule has 0 saturated heterocycles. The van der Waals surface area contributed by atoms with Crippen molar-refractivity contribution in [2.24, 2.45) is 14.1 Å². The number of imidazole rings is 1. The molecule has 0 aliphatic heterocycles. The second-order valence-corrected chi connectivity index (χ2v) is 2.87. The highest BCUT2D eigenvalue weighted by Gasteiger charge is 2.08. The minimum absolute atomic E-state index is 0.343. The molecule has 2 aromatic heterocycles. The summed E-state index contributed by atoms with van der Waals surface area (Å²) in [5.41, 5.74) is 6.39. The van der Waals surface area contributed by atoms with Crippen molar-refractivity contribution in [3.63, 3.8) is 0 Å². The first kappa shape index (κ1) is 7.78. The number of rotatable bonds is 0. The van der Waals surface area contributed by atoms with Gasteiger partial charge in [-0.05, 0) is 0 Å². The Hall–Kier alpha value is -1.85. The second kappa shape index (κ2) is 2.32. The zero-order valence-corrected chi connectivity index (χ0v) is 7.35. The van der Waals surface area contributed by atoms with Crippen LogP contribution in [0.4, 0.5) is 5.82 Å². The summed E-state index contributed by atoms with van der Waals surface area (Å²) < 4.78 is 2.93. The van der Waals surface area contributed by atoms with E-state index in [2.05, 4.69) is 9.97 Å². The normalized spacial score (nSPS) is 10.9. The molecule has 0 aromatic carbocycles. The van der Waals surface area contributed by atoms with Crippen molar-refractivity contribution in [2.75, 3.05) is 5.73 Å². The van der Waals surface area contributed by atoms with Crippen LogP contribution in [0.25, 0.3) is 11.2 Å². The summed E-state index contributed by atoms with van der Waals surface area (Å²) in [6.45, 7) is 0. The van der Waals surface area contributed by atoms with E-state index in [0.29, 0.717) is 17.0 Å². The number of anilines is 1. The SMILES string of the molecule is Cn1c(N)c2ncn(C)c2nc1=O. The molecule has 0 fully saturated rings. The predicted molar refractivity (Wildman–Crippen MR) is 48.2 cm³/mol. The van der Waals surface area contributed by atoms with Gasteiger partial charge in [0.25, 0.3) is 0 Å². The average molecular weight is 179 g/mol. The lowest BCUT2D eigenvalue weighted by Crippen LogP contribution is -2.23. The molecule has 0 aliphatic carbocycles. The van der Waals surface area contributed by atoms with Gasteiger partial charge in [-0.25, -0.2) is 9.78 Å². The van der Waals surface area contributed by atoms with Crippen molar-refractivity contribution in [1.82, 2.24) is 19.1 Å². The molecule has 2 aromatic rings. The highest BCUT2D eigenvalue weighted by Crippen LogP contribution is 2.12. The maximum Gasteiger partial charge on any atom is 0.350 e. The summed E-state index contributed by atoms with van der Waals surface area (Å²) in [5.74, 6) is 0.343. The van der Waals surface area contributed by atoms with Crippen molar-refractivity contribution in [3.8, 4) is 0 Å². The fourth-order valence-electron chi connectivity index (χ4n) is 1.16. The second-order valence-electron chi connectivity index (χ2n) is 2.87. The van der Waals surface area contributed by atoms with E-state index in [4.69, 9.17) is 5.73 Å². The van der Waals surface area contributed by atoms with E-state index in [0.717, 1.165) is 0 Å². The van der Waals surface area contributed by atoms with Crippen molar-refractivity contribution in [1.29, 1.82) is 0 Å². The third-order valence-electron chi connectivity index (χ3n) is 2.00. The fraction of sp³-hybridized carbons (Fsp3) is 0.286. The average Bonchev–Trinajstić information content (AvgIpc) is 2.45. The number of nitrogens with two attached hydrogens (primary N) is 1. The van der Waals surface area contributed by atoms with Crippen LogP contribution in [-0.2, 0) is 14.1 Å². The minimum atomic E-state index is -0.367. The summed E-state index contributed by atoms with van der Waals surface area (Å²) in [7, 11) is 3.33. The molecule has 68 valence electrons. The molecule has 0 atom stereocenters. The fourth-order valence-corrected chi connectivity index (χ4v) is 1.16. The zero-order chi connectivity index (χ0) is 9.59. The summed E-state index contributed by atoms with van der Waals surface area (Å²) in [6.07, 6.45) is 1.58. The van der Waals surface area contributed by atoms with Gasteiger partial charge in [0.2, 0.25) is 0 Å². The molecule has 0 amide bonds. The predicted octanol–water partition coefficient (Wildman–Crippen LogP) is -0.751. The van der Waals surface area contributed by atoms with Gasteiger partial charge in [0, 0.05) is 14.1 Å². The third kappa shape index (κ3) is 0.915. The highest BCUT2D eigenvalue weighted by atomic mass is 16.1. The molecule has 0 radical (unpaired) electrons. The van der Waals surface area contributed by atoms with Gasteiger partial charge in [-0.15, -0.1) is 0 Å². The molecule has 13 heavy (non-hydrogen) atoms. The van der Waals surface area contributed by atoms with E-state index in [1.807, 2.05) is 0 Å². The maximum absolute atomic E-state index is 11.2. The number of nitrogens with zero attached hydrogens (tertiary/aromatic N) is 4. The monoisotopic (exact) mass is 179 g/mol. The van der Waals surface area contributed by atoms with Gasteiger partial charge in [0.05, 0.1) is 6.33 Å². The molecule has 6 heteroatoms. The molecule has 0 unspecified atom stereocenters. The number of hydrogen-bond acceptors (Lipinski definition) is 4. The van der Waals surface area contributed by atoms with E-state index < -0.39 is 0 Å². The van der Waals surface area contributed by atoms with Gasteiger partial charge >= 0.3 is 5.69 Å². The van der Waals surface area contributed by atoms with E-state index in [-0.39, 0.29) is 5.69 Å². The first-order chi connectivity index (χ1) is 6.11. The van der Waals surface area contributed by atoms with E-state index in [9.17, 15) is 4.79 Å². The molecule has 2 N–H and O–H groups in total. The quantitative estimate of drug-likeness (QED) is 0.577. The Labute approximate surface area is 73.6 Å². The van der Waals surface area contributed by atoms with Gasteiger partial charge in [-0.2, -0.15) is 4.98 Å². The molecule has 0 saturated carbocycles. The number of aromatic nitrogens is 4.